The minimum Gasteiger partial charge on any atom is -0.398 e. The average Bonchev–Trinajstić information content (AvgIpc) is 2.98. The van der Waals surface area contributed by atoms with Gasteiger partial charge in [0.2, 0.25) is 5.91 Å². The zero-order valence-corrected chi connectivity index (χ0v) is 11.3. The summed E-state index contributed by atoms with van der Waals surface area (Å²) in [7, 11) is 0. The smallest absolute Gasteiger partial charge is 0.224 e. The predicted octanol–water partition coefficient (Wildman–Crippen LogP) is 1.44. The Hall–Kier alpha value is -2.30. The summed E-state index contributed by atoms with van der Waals surface area (Å²) in [5.41, 5.74) is 9.19. The van der Waals surface area contributed by atoms with Crippen molar-refractivity contribution < 1.29 is 4.79 Å². The van der Waals surface area contributed by atoms with Gasteiger partial charge in [-0.1, -0.05) is 12.1 Å². The summed E-state index contributed by atoms with van der Waals surface area (Å²) in [6, 6.07) is 5.93. The second kappa shape index (κ2) is 5.36. The molecule has 1 aliphatic heterocycles. The Kier molecular flexibility index (Phi) is 3.41. The monoisotopic (exact) mass is 270 g/mol. The molecule has 1 aromatic carbocycles. The standard InChI is InChI=1S/C15H18N4O/c16-14-3-1-2-12-10-19(8-4-13(12)14)15(20)5-7-18-9-6-17-11-18/h1-3,6,9,11H,4-5,7-8,10,16H2. The van der Waals surface area contributed by atoms with Gasteiger partial charge in [0.25, 0.3) is 0 Å². The highest BCUT2D eigenvalue weighted by Crippen LogP contribution is 2.24. The molecule has 1 aliphatic rings. The van der Waals surface area contributed by atoms with Crippen LogP contribution < -0.4 is 5.73 Å². The fraction of sp³-hybridized carbons (Fsp3) is 0.333. The molecule has 3 rings (SSSR count). The SMILES string of the molecule is Nc1cccc2c1CCN(C(=O)CCn1ccnc1)C2. The van der Waals surface area contributed by atoms with Crippen molar-refractivity contribution in [2.24, 2.45) is 0 Å². The van der Waals surface area contributed by atoms with Gasteiger partial charge < -0.3 is 15.2 Å². The molecule has 0 aliphatic carbocycles. The largest absolute Gasteiger partial charge is 0.398 e. The molecule has 0 bridgehead atoms. The highest BCUT2D eigenvalue weighted by molar-refractivity contribution is 5.76. The first-order valence-corrected chi connectivity index (χ1v) is 6.84. The quantitative estimate of drug-likeness (QED) is 0.858. The average molecular weight is 270 g/mol. The molecular formula is C15H18N4O. The van der Waals surface area contributed by atoms with Crippen LogP contribution in [0.2, 0.25) is 0 Å². The number of aryl methyl sites for hydroxylation is 1. The molecule has 0 saturated heterocycles. The molecule has 5 heteroatoms. The van der Waals surface area contributed by atoms with Gasteiger partial charge in [-0.15, -0.1) is 0 Å². The minimum atomic E-state index is 0.187. The van der Waals surface area contributed by atoms with E-state index in [1.54, 1.807) is 12.5 Å². The molecule has 1 amide bonds. The first-order valence-electron chi connectivity index (χ1n) is 6.84. The van der Waals surface area contributed by atoms with E-state index in [1.807, 2.05) is 27.8 Å². The molecule has 20 heavy (non-hydrogen) atoms. The normalized spacial score (nSPS) is 14.1. The number of benzene rings is 1. The summed E-state index contributed by atoms with van der Waals surface area (Å²) in [6.07, 6.45) is 6.69. The number of nitrogen functional groups attached to an aromatic ring is 1. The van der Waals surface area contributed by atoms with Gasteiger partial charge >= 0.3 is 0 Å². The van der Waals surface area contributed by atoms with Crippen LogP contribution in [0.15, 0.2) is 36.9 Å². The maximum atomic E-state index is 12.2. The van der Waals surface area contributed by atoms with Crippen molar-refractivity contribution in [2.45, 2.75) is 25.9 Å². The van der Waals surface area contributed by atoms with Crippen LogP contribution in [0.1, 0.15) is 17.5 Å². The van der Waals surface area contributed by atoms with Crippen LogP contribution in [0.4, 0.5) is 5.69 Å². The third-order valence-electron chi connectivity index (χ3n) is 3.80. The molecule has 0 saturated carbocycles. The van der Waals surface area contributed by atoms with Gasteiger partial charge in [0.1, 0.15) is 0 Å². The molecule has 0 unspecified atom stereocenters. The van der Waals surface area contributed by atoms with Crippen LogP contribution >= 0.6 is 0 Å². The Bertz CT molecular complexity index is 606. The Balaban J connectivity index is 1.63. The van der Waals surface area contributed by atoms with Crippen LogP contribution in [-0.2, 0) is 24.3 Å². The number of hydrogen-bond acceptors (Lipinski definition) is 3. The number of amides is 1. The molecule has 1 aromatic heterocycles. The van der Waals surface area contributed by atoms with E-state index in [2.05, 4.69) is 11.1 Å². The van der Waals surface area contributed by atoms with Crippen LogP contribution in [0.3, 0.4) is 0 Å². The Morgan fingerprint density at radius 1 is 1.40 bits per heavy atom. The Labute approximate surface area is 118 Å². The highest BCUT2D eigenvalue weighted by Gasteiger charge is 2.21. The molecule has 2 heterocycles. The number of hydrogen-bond donors (Lipinski definition) is 1. The second-order valence-electron chi connectivity index (χ2n) is 5.10. The topological polar surface area (TPSA) is 64.2 Å². The van der Waals surface area contributed by atoms with Crippen molar-refractivity contribution in [1.82, 2.24) is 14.5 Å². The molecule has 0 atom stereocenters. The van der Waals surface area contributed by atoms with Gasteiger partial charge in [0.15, 0.2) is 0 Å². The first-order chi connectivity index (χ1) is 9.74. The number of nitrogens with zero attached hydrogens (tertiary/aromatic N) is 3. The summed E-state index contributed by atoms with van der Waals surface area (Å²) in [6.45, 7) is 2.10. The lowest BCUT2D eigenvalue weighted by Gasteiger charge is -2.29. The Morgan fingerprint density at radius 2 is 2.30 bits per heavy atom. The predicted molar refractivity (Wildman–Crippen MR) is 76.8 cm³/mol. The third kappa shape index (κ3) is 2.52. The van der Waals surface area contributed by atoms with Crippen LogP contribution in [0.5, 0.6) is 0 Å². The lowest BCUT2D eigenvalue weighted by Crippen LogP contribution is -2.36. The first kappa shape index (κ1) is 12.7. The van der Waals surface area contributed by atoms with Gasteiger partial charge in [-0.3, -0.25) is 4.79 Å². The number of imidazole rings is 1. The maximum absolute atomic E-state index is 12.2. The van der Waals surface area contributed by atoms with Gasteiger partial charge in [-0.25, -0.2) is 4.98 Å². The van der Waals surface area contributed by atoms with Crippen molar-refractivity contribution >= 4 is 11.6 Å². The van der Waals surface area contributed by atoms with E-state index in [9.17, 15) is 4.79 Å². The molecule has 0 fully saturated rings. The molecule has 104 valence electrons. The molecule has 2 N–H and O–H groups in total. The van der Waals surface area contributed by atoms with Crippen molar-refractivity contribution in [1.29, 1.82) is 0 Å². The maximum Gasteiger partial charge on any atom is 0.224 e. The number of carbonyl (C=O) groups excluding carboxylic acids is 1. The van der Waals surface area contributed by atoms with Crippen molar-refractivity contribution in [3.63, 3.8) is 0 Å². The summed E-state index contributed by atoms with van der Waals surface area (Å²) in [5.74, 6) is 0.187. The summed E-state index contributed by atoms with van der Waals surface area (Å²) in [4.78, 5) is 18.1. The number of anilines is 1. The number of fused-ring (bicyclic) bond motifs is 1. The number of nitrogens with two attached hydrogens (primary N) is 1. The van der Waals surface area contributed by atoms with Crippen LogP contribution in [-0.4, -0.2) is 26.9 Å². The fourth-order valence-corrected chi connectivity index (χ4v) is 2.65. The molecule has 2 aromatic rings. The van der Waals surface area contributed by atoms with E-state index in [1.165, 1.54) is 11.1 Å². The zero-order chi connectivity index (χ0) is 13.9. The minimum absolute atomic E-state index is 0.187. The van der Waals surface area contributed by atoms with Crippen molar-refractivity contribution in [3.8, 4) is 0 Å². The number of carbonyl (C=O) groups is 1. The van der Waals surface area contributed by atoms with Gasteiger partial charge in [-0.05, 0) is 23.6 Å². The van der Waals surface area contributed by atoms with E-state index < -0.39 is 0 Å². The summed E-state index contributed by atoms with van der Waals surface area (Å²) in [5, 5.41) is 0. The lowest BCUT2D eigenvalue weighted by molar-refractivity contribution is -0.132. The van der Waals surface area contributed by atoms with Gasteiger partial charge in [0.05, 0.1) is 6.33 Å². The molecular weight excluding hydrogens is 252 g/mol. The molecule has 5 nitrogen and oxygen atoms in total. The number of aromatic nitrogens is 2. The highest BCUT2D eigenvalue weighted by atomic mass is 16.2. The van der Waals surface area contributed by atoms with Crippen molar-refractivity contribution in [2.75, 3.05) is 12.3 Å². The zero-order valence-electron chi connectivity index (χ0n) is 11.3. The van der Waals surface area contributed by atoms with Gasteiger partial charge in [0, 0.05) is 44.1 Å². The second-order valence-corrected chi connectivity index (χ2v) is 5.10. The van der Waals surface area contributed by atoms with E-state index in [0.717, 1.165) is 18.7 Å². The van der Waals surface area contributed by atoms with E-state index in [0.29, 0.717) is 19.5 Å². The van der Waals surface area contributed by atoms with E-state index in [4.69, 9.17) is 5.73 Å². The summed E-state index contributed by atoms with van der Waals surface area (Å²) >= 11 is 0. The van der Waals surface area contributed by atoms with Gasteiger partial charge in [-0.2, -0.15) is 0 Å². The summed E-state index contributed by atoms with van der Waals surface area (Å²) < 4.78 is 1.92. The van der Waals surface area contributed by atoms with Crippen LogP contribution in [0.25, 0.3) is 0 Å². The number of rotatable bonds is 3. The van der Waals surface area contributed by atoms with Crippen molar-refractivity contribution in [3.05, 3.63) is 48.0 Å². The van der Waals surface area contributed by atoms with Crippen LogP contribution in [0, 0.1) is 0 Å². The van der Waals surface area contributed by atoms with E-state index >= 15 is 0 Å². The molecule has 0 radical (unpaired) electrons. The fourth-order valence-electron chi connectivity index (χ4n) is 2.65. The third-order valence-corrected chi connectivity index (χ3v) is 3.80. The molecule has 0 spiro atoms. The lowest BCUT2D eigenvalue weighted by atomic mass is 9.98. The van der Waals surface area contributed by atoms with E-state index in [-0.39, 0.29) is 5.91 Å². The Morgan fingerprint density at radius 3 is 3.10 bits per heavy atom.